The lowest BCUT2D eigenvalue weighted by Gasteiger charge is -2.07. The smallest absolute Gasteiger partial charge is 0.246 e. The van der Waals surface area contributed by atoms with Crippen LogP contribution in [0.4, 0.5) is 10.1 Å². The molecule has 1 aromatic heterocycles. The van der Waals surface area contributed by atoms with E-state index in [-0.39, 0.29) is 18.1 Å². The van der Waals surface area contributed by atoms with E-state index in [9.17, 15) is 9.18 Å². The molecule has 18 heavy (non-hydrogen) atoms. The molecule has 0 spiro atoms. The van der Waals surface area contributed by atoms with Gasteiger partial charge in [-0.1, -0.05) is 6.07 Å². The molecule has 1 N–H and O–H groups in total. The topological polar surface area (TPSA) is 46.9 Å². The van der Waals surface area contributed by atoms with Gasteiger partial charge in [0.2, 0.25) is 5.91 Å². The van der Waals surface area contributed by atoms with Gasteiger partial charge >= 0.3 is 0 Å². The maximum absolute atomic E-state index is 13.4. The summed E-state index contributed by atoms with van der Waals surface area (Å²) in [5, 5.41) is 6.47. The Balaban J connectivity index is 2.05. The molecule has 0 unspecified atom stereocenters. The third kappa shape index (κ3) is 3.16. The molecule has 1 heterocycles. The van der Waals surface area contributed by atoms with Crippen LogP contribution in [0.5, 0.6) is 0 Å². The fraction of sp³-hybridized carbons (Fsp3) is 0.167. The summed E-state index contributed by atoms with van der Waals surface area (Å²) >= 11 is 3.24. The quantitative estimate of drug-likeness (QED) is 0.947. The van der Waals surface area contributed by atoms with Gasteiger partial charge in [-0.3, -0.25) is 9.48 Å². The monoisotopic (exact) mass is 311 g/mol. The number of halogens is 2. The summed E-state index contributed by atoms with van der Waals surface area (Å²) in [6.45, 7) is 1.87. The third-order valence-electron chi connectivity index (χ3n) is 2.30. The van der Waals surface area contributed by atoms with Gasteiger partial charge in [0.15, 0.2) is 0 Å². The van der Waals surface area contributed by atoms with Crippen LogP contribution in [-0.2, 0) is 11.3 Å². The zero-order valence-corrected chi connectivity index (χ0v) is 11.2. The number of carbonyl (C=O) groups excluding carboxylic acids is 1. The second-order valence-electron chi connectivity index (χ2n) is 3.89. The number of hydrogen-bond acceptors (Lipinski definition) is 2. The van der Waals surface area contributed by atoms with Crippen molar-refractivity contribution in [2.75, 3.05) is 5.32 Å². The largest absolute Gasteiger partial charge is 0.322 e. The minimum atomic E-state index is -0.449. The number of nitrogens with zero attached hydrogens (tertiary/aromatic N) is 2. The van der Waals surface area contributed by atoms with Crippen molar-refractivity contribution in [1.82, 2.24) is 9.78 Å². The van der Waals surface area contributed by atoms with Gasteiger partial charge < -0.3 is 5.32 Å². The Labute approximate surface area is 112 Å². The highest BCUT2D eigenvalue weighted by Gasteiger charge is 2.08. The van der Waals surface area contributed by atoms with E-state index in [1.165, 1.54) is 10.7 Å². The van der Waals surface area contributed by atoms with Crippen molar-refractivity contribution >= 4 is 27.5 Å². The van der Waals surface area contributed by atoms with Gasteiger partial charge in [0, 0.05) is 6.20 Å². The van der Waals surface area contributed by atoms with E-state index >= 15 is 0 Å². The van der Waals surface area contributed by atoms with Gasteiger partial charge in [-0.15, -0.1) is 0 Å². The molecule has 2 rings (SSSR count). The Morgan fingerprint density at radius 2 is 2.33 bits per heavy atom. The van der Waals surface area contributed by atoms with Gasteiger partial charge in [-0.25, -0.2) is 4.39 Å². The van der Waals surface area contributed by atoms with Crippen molar-refractivity contribution in [3.8, 4) is 0 Å². The van der Waals surface area contributed by atoms with Crippen LogP contribution in [0.3, 0.4) is 0 Å². The first-order valence-electron chi connectivity index (χ1n) is 5.28. The van der Waals surface area contributed by atoms with Crippen molar-refractivity contribution in [2.24, 2.45) is 0 Å². The van der Waals surface area contributed by atoms with Crippen molar-refractivity contribution < 1.29 is 9.18 Å². The van der Waals surface area contributed by atoms with Crippen LogP contribution in [0.25, 0.3) is 0 Å². The summed E-state index contributed by atoms with van der Waals surface area (Å²) in [6, 6.07) is 4.57. The van der Waals surface area contributed by atoms with E-state index < -0.39 is 5.82 Å². The Morgan fingerprint density at radius 3 is 3.00 bits per heavy atom. The normalized spacial score (nSPS) is 10.4. The number of rotatable bonds is 3. The van der Waals surface area contributed by atoms with E-state index in [0.717, 1.165) is 10.0 Å². The summed E-state index contributed by atoms with van der Waals surface area (Å²) < 4.78 is 15.7. The predicted molar refractivity (Wildman–Crippen MR) is 69.7 cm³/mol. The lowest BCUT2D eigenvalue weighted by Crippen LogP contribution is -2.19. The van der Waals surface area contributed by atoms with Gasteiger partial charge in [0.25, 0.3) is 0 Å². The molecule has 0 aliphatic carbocycles. The van der Waals surface area contributed by atoms with Crippen LogP contribution in [0.1, 0.15) is 5.56 Å². The van der Waals surface area contributed by atoms with Crippen LogP contribution >= 0.6 is 15.9 Å². The summed E-state index contributed by atoms with van der Waals surface area (Å²) in [5.74, 6) is -0.773. The third-order valence-corrected chi connectivity index (χ3v) is 2.71. The second kappa shape index (κ2) is 5.30. The molecule has 94 valence electrons. The molecule has 4 nitrogen and oxygen atoms in total. The zero-order chi connectivity index (χ0) is 13.1. The van der Waals surface area contributed by atoms with E-state index in [2.05, 4.69) is 26.3 Å². The first-order chi connectivity index (χ1) is 8.54. The maximum atomic E-state index is 13.4. The Kier molecular flexibility index (Phi) is 3.76. The molecule has 0 saturated heterocycles. The Morgan fingerprint density at radius 1 is 1.56 bits per heavy atom. The molecule has 0 saturated carbocycles. The number of aryl methyl sites for hydroxylation is 1. The number of aromatic nitrogens is 2. The van der Waals surface area contributed by atoms with Crippen LogP contribution in [-0.4, -0.2) is 15.7 Å². The molecule has 2 aromatic rings. The number of amides is 1. The Hall–Kier alpha value is -1.69. The zero-order valence-electron chi connectivity index (χ0n) is 9.65. The molecule has 1 aromatic carbocycles. The molecule has 6 heteroatoms. The average molecular weight is 312 g/mol. The molecule has 1 amide bonds. The fourth-order valence-electron chi connectivity index (χ4n) is 1.50. The SMILES string of the molecule is Cc1ccc(F)c(NC(=O)Cn2cc(Br)cn2)c1. The van der Waals surface area contributed by atoms with Crippen LogP contribution < -0.4 is 5.32 Å². The molecule has 0 atom stereocenters. The molecule has 0 aliphatic heterocycles. The summed E-state index contributed by atoms with van der Waals surface area (Å²) in [6.07, 6.45) is 3.26. The fourth-order valence-corrected chi connectivity index (χ4v) is 1.82. The molecule has 0 fully saturated rings. The van der Waals surface area contributed by atoms with E-state index in [4.69, 9.17) is 0 Å². The highest BCUT2D eigenvalue weighted by molar-refractivity contribution is 9.10. The van der Waals surface area contributed by atoms with Gasteiger partial charge in [-0.05, 0) is 40.5 Å². The average Bonchev–Trinajstić information content (AvgIpc) is 2.69. The number of benzene rings is 1. The van der Waals surface area contributed by atoms with Gasteiger partial charge in [0.05, 0.1) is 16.4 Å². The number of nitrogens with one attached hydrogen (secondary N) is 1. The first-order valence-corrected chi connectivity index (χ1v) is 6.08. The summed E-state index contributed by atoms with van der Waals surface area (Å²) in [5.41, 5.74) is 1.07. The van der Waals surface area contributed by atoms with Crippen molar-refractivity contribution in [3.05, 3.63) is 46.4 Å². The van der Waals surface area contributed by atoms with Crippen LogP contribution in [0, 0.1) is 12.7 Å². The summed E-state index contributed by atoms with van der Waals surface area (Å²) in [7, 11) is 0. The Bertz CT molecular complexity index is 582. The predicted octanol–water partition coefficient (Wildman–Crippen LogP) is 2.73. The standard InChI is InChI=1S/C12H11BrFN3O/c1-8-2-3-10(14)11(4-8)16-12(18)7-17-6-9(13)5-15-17/h2-6H,7H2,1H3,(H,16,18). The second-order valence-corrected chi connectivity index (χ2v) is 4.80. The van der Waals surface area contributed by atoms with E-state index in [0.29, 0.717) is 0 Å². The summed E-state index contributed by atoms with van der Waals surface area (Å²) in [4.78, 5) is 11.7. The maximum Gasteiger partial charge on any atom is 0.246 e. The van der Waals surface area contributed by atoms with E-state index in [1.54, 1.807) is 24.5 Å². The first kappa shape index (κ1) is 12.8. The van der Waals surface area contributed by atoms with E-state index in [1.807, 2.05) is 6.92 Å². The number of hydrogen-bond donors (Lipinski definition) is 1. The van der Waals surface area contributed by atoms with Gasteiger partial charge in [0.1, 0.15) is 12.4 Å². The van der Waals surface area contributed by atoms with Crippen molar-refractivity contribution in [1.29, 1.82) is 0 Å². The lowest BCUT2D eigenvalue weighted by atomic mass is 10.2. The van der Waals surface area contributed by atoms with Crippen molar-refractivity contribution in [2.45, 2.75) is 13.5 Å². The molecular weight excluding hydrogens is 301 g/mol. The highest BCUT2D eigenvalue weighted by Crippen LogP contribution is 2.15. The minimum absolute atomic E-state index is 0.0407. The minimum Gasteiger partial charge on any atom is -0.322 e. The van der Waals surface area contributed by atoms with Gasteiger partial charge in [-0.2, -0.15) is 5.10 Å². The van der Waals surface area contributed by atoms with Crippen LogP contribution in [0.2, 0.25) is 0 Å². The molecule has 0 aliphatic rings. The lowest BCUT2D eigenvalue weighted by molar-refractivity contribution is -0.116. The number of anilines is 1. The van der Waals surface area contributed by atoms with Crippen LogP contribution in [0.15, 0.2) is 35.1 Å². The highest BCUT2D eigenvalue weighted by atomic mass is 79.9. The molecule has 0 bridgehead atoms. The van der Waals surface area contributed by atoms with Crippen molar-refractivity contribution in [3.63, 3.8) is 0 Å². The number of carbonyl (C=O) groups is 1. The molecule has 0 radical (unpaired) electrons. The molecular formula is C12H11BrFN3O.